The average molecular weight is 777 g/mol. The maximum atomic E-state index is 13.9. The van der Waals surface area contributed by atoms with Crippen LogP contribution in [0.25, 0.3) is 11.0 Å². The minimum Gasteiger partial charge on any atom is -0.383 e. The Kier molecular flexibility index (Phi) is 12.7. The lowest BCUT2D eigenvalue weighted by atomic mass is 10.0. The van der Waals surface area contributed by atoms with E-state index in [1.807, 2.05) is 52.3 Å². The summed E-state index contributed by atoms with van der Waals surface area (Å²) in [6, 6.07) is 3.54. The van der Waals surface area contributed by atoms with Gasteiger partial charge in [0.05, 0.1) is 47.0 Å². The summed E-state index contributed by atoms with van der Waals surface area (Å²) in [7, 11) is 1.49. The highest BCUT2D eigenvalue weighted by Gasteiger charge is 2.38. The van der Waals surface area contributed by atoms with E-state index in [4.69, 9.17) is 14.8 Å². The normalized spacial score (nSPS) is 14.8. The van der Waals surface area contributed by atoms with Crippen LogP contribution in [0.3, 0.4) is 0 Å². The van der Waals surface area contributed by atoms with Gasteiger partial charge in [0.2, 0.25) is 12.4 Å². The van der Waals surface area contributed by atoms with Crippen LogP contribution in [0.2, 0.25) is 0 Å². The van der Waals surface area contributed by atoms with Gasteiger partial charge >= 0.3 is 12.4 Å². The summed E-state index contributed by atoms with van der Waals surface area (Å²) >= 11 is 0. The molecule has 16 heteroatoms. The highest BCUT2D eigenvalue weighted by molar-refractivity contribution is 5.82. The molecule has 0 spiro atoms. The number of hydrogen-bond acceptors (Lipinski definition) is 8. The fourth-order valence-electron chi connectivity index (χ4n) is 6.34. The number of methoxy groups -OCH3 is 1. The number of ether oxygens (including phenoxy) is 1. The number of anilines is 3. The second-order valence-electron chi connectivity index (χ2n) is 15.1. The van der Waals surface area contributed by atoms with Crippen molar-refractivity contribution in [3.05, 3.63) is 64.6 Å². The molecule has 2 aliphatic carbocycles. The largest absolute Gasteiger partial charge is 0.416 e. The average Bonchev–Trinajstić information content (AvgIpc) is 4.08. The number of rotatable bonds is 15. The minimum atomic E-state index is -5.02. The van der Waals surface area contributed by atoms with Crippen LogP contribution < -0.4 is 14.7 Å². The summed E-state index contributed by atoms with van der Waals surface area (Å²) in [4.78, 5) is 31.2. The number of pyridine rings is 1. The van der Waals surface area contributed by atoms with Crippen molar-refractivity contribution in [3.63, 3.8) is 0 Å². The highest BCUT2D eigenvalue weighted by Crippen LogP contribution is 2.40. The second kappa shape index (κ2) is 16.7. The van der Waals surface area contributed by atoms with Crippen molar-refractivity contribution in [2.75, 3.05) is 48.1 Å². The third-order valence-corrected chi connectivity index (χ3v) is 9.47. The number of fused-ring (bicyclic) bond motifs is 1. The Labute approximate surface area is 317 Å². The predicted octanol–water partition coefficient (Wildman–Crippen LogP) is 8.79. The summed E-state index contributed by atoms with van der Waals surface area (Å²) < 4.78 is 90.7. The molecule has 0 unspecified atom stereocenters. The molecule has 3 aromatic heterocycles. The summed E-state index contributed by atoms with van der Waals surface area (Å²) in [6.07, 6.45) is -2.26. The number of carbonyl (C=O) groups excluding carboxylic acids is 1. The van der Waals surface area contributed by atoms with E-state index in [1.165, 1.54) is 24.4 Å². The molecule has 0 aliphatic heterocycles. The smallest absolute Gasteiger partial charge is 0.383 e. The Morgan fingerprint density at radius 3 is 1.89 bits per heavy atom. The molecule has 300 valence electrons. The van der Waals surface area contributed by atoms with E-state index < -0.39 is 35.6 Å². The number of alkyl halides is 6. The van der Waals surface area contributed by atoms with Crippen molar-refractivity contribution in [1.29, 1.82) is 0 Å². The molecule has 0 radical (unpaired) electrons. The van der Waals surface area contributed by atoms with Crippen molar-refractivity contribution in [3.8, 4) is 0 Å². The number of aryl methyl sites for hydroxylation is 1. The van der Waals surface area contributed by atoms with Gasteiger partial charge < -0.3 is 19.4 Å². The maximum Gasteiger partial charge on any atom is 0.416 e. The first-order valence-corrected chi connectivity index (χ1v) is 18.7. The Hall–Kier alpha value is -4.47. The Bertz CT molecular complexity index is 1870. The zero-order chi connectivity index (χ0) is 40.3. The topological polar surface area (TPSA) is 92.5 Å². The lowest BCUT2D eigenvalue weighted by Crippen LogP contribution is -2.32. The summed E-state index contributed by atoms with van der Waals surface area (Å²) in [6.45, 7) is 13.6. The molecule has 6 rings (SSSR count). The summed E-state index contributed by atoms with van der Waals surface area (Å²) in [5.41, 5.74) is -0.967. The minimum absolute atomic E-state index is 0.00224. The first-order chi connectivity index (χ1) is 25.9. The fourth-order valence-corrected chi connectivity index (χ4v) is 6.34. The van der Waals surface area contributed by atoms with Gasteiger partial charge in [0.25, 0.3) is 0 Å². The molecule has 1 aromatic carbocycles. The molecule has 10 nitrogen and oxygen atoms in total. The van der Waals surface area contributed by atoms with Crippen LogP contribution in [0, 0.1) is 18.8 Å². The van der Waals surface area contributed by atoms with Gasteiger partial charge in [-0.05, 0) is 95.0 Å². The molecular formula is C39H50F6N8O2. The standard InChI is InChI=1S/C37H44F6N8O2.C2H6/c1-23-31-14-27(32(46-33(31)51(47-23)35(2,3)4)49(18-24-6-7-24)19-25-8-9-25)21-50(34-44-16-30(17-45-34)48(22-52)10-11-53-5)20-26-12-28(36(38,39)40)15-29(13-26)37(41,42)43;1-2/h12-17,22,24-25H,6-11,18-21H2,1-5H3;1-2H3. The van der Waals surface area contributed by atoms with Crippen molar-refractivity contribution in [1.82, 2.24) is 24.7 Å². The van der Waals surface area contributed by atoms with Gasteiger partial charge in [-0.2, -0.15) is 31.4 Å². The Morgan fingerprint density at radius 2 is 1.42 bits per heavy atom. The van der Waals surface area contributed by atoms with Crippen LogP contribution in [0.15, 0.2) is 36.7 Å². The third kappa shape index (κ3) is 10.4. The molecule has 2 saturated carbocycles. The molecule has 55 heavy (non-hydrogen) atoms. The van der Waals surface area contributed by atoms with Gasteiger partial charge in [0.1, 0.15) is 5.82 Å². The van der Waals surface area contributed by atoms with Gasteiger partial charge in [-0.15, -0.1) is 0 Å². The number of benzene rings is 1. The van der Waals surface area contributed by atoms with Crippen LogP contribution in [0.4, 0.5) is 43.8 Å². The number of aromatic nitrogens is 5. The Morgan fingerprint density at radius 1 is 0.855 bits per heavy atom. The number of halogens is 6. The molecule has 2 aliphatic rings. The lowest BCUT2D eigenvalue weighted by molar-refractivity contribution is -0.143. The van der Waals surface area contributed by atoms with Crippen LogP contribution in [-0.2, 0) is 40.5 Å². The van der Waals surface area contributed by atoms with Crippen molar-refractivity contribution in [2.45, 2.75) is 98.2 Å². The molecule has 3 heterocycles. The van der Waals surface area contributed by atoms with Gasteiger partial charge in [0.15, 0.2) is 5.65 Å². The van der Waals surface area contributed by atoms with E-state index in [0.717, 1.165) is 62.0 Å². The van der Waals surface area contributed by atoms with Crippen molar-refractivity contribution in [2.24, 2.45) is 11.8 Å². The summed E-state index contributed by atoms with van der Waals surface area (Å²) in [5, 5.41) is 5.60. The van der Waals surface area contributed by atoms with Crippen molar-refractivity contribution >= 4 is 34.9 Å². The zero-order valence-electron chi connectivity index (χ0n) is 32.4. The number of carbonyl (C=O) groups is 1. The third-order valence-electron chi connectivity index (χ3n) is 9.47. The van der Waals surface area contributed by atoms with E-state index in [2.05, 4.69) is 14.9 Å². The van der Waals surface area contributed by atoms with Crippen LogP contribution in [0.1, 0.15) is 88.2 Å². The number of hydrogen-bond donors (Lipinski definition) is 0. The van der Waals surface area contributed by atoms with E-state index in [9.17, 15) is 31.1 Å². The van der Waals surface area contributed by atoms with Gasteiger partial charge in [-0.25, -0.2) is 19.6 Å². The molecule has 0 saturated heterocycles. The lowest BCUT2D eigenvalue weighted by Gasteiger charge is -2.30. The fraction of sp³-hybridized carbons (Fsp3) is 0.564. The van der Waals surface area contributed by atoms with E-state index in [0.29, 0.717) is 41.0 Å². The summed E-state index contributed by atoms with van der Waals surface area (Å²) in [5.74, 6) is 1.74. The predicted molar refractivity (Wildman–Crippen MR) is 200 cm³/mol. The first kappa shape index (κ1) is 41.7. The molecule has 0 N–H and O–H groups in total. The molecule has 0 atom stereocenters. The molecule has 4 aromatic rings. The second-order valence-corrected chi connectivity index (χ2v) is 15.1. The first-order valence-electron chi connectivity index (χ1n) is 18.7. The van der Waals surface area contributed by atoms with E-state index in [-0.39, 0.29) is 37.3 Å². The van der Waals surface area contributed by atoms with E-state index in [1.54, 1.807) is 4.90 Å². The zero-order valence-corrected chi connectivity index (χ0v) is 32.4. The highest BCUT2D eigenvalue weighted by atomic mass is 19.4. The van der Waals surface area contributed by atoms with Crippen LogP contribution >= 0.6 is 0 Å². The molecule has 2 fully saturated rings. The quantitative estimate of drug-likeness (QED) is 0.0875. The van der Waals surface area contributed by atoms with Gasteiger partial charge in [-0.3, -0.25) is 4.79 Å². The molecule has 0 bridgehead atoms. The molecular weight excluding hydrogens is 726 g/mol. The Balaban J connectivity index is 0.00000285. The monoisotopic (exact) mass is 776 g/mol. The van der Waals surface area contributed by atoms with Gasteiger partial charge in [0, 0.05) is 50.8 Å². The number of amides is 1. The number of nitrogens with zero attached hydrogens (tertiary/aromatic N) is 8. The van der Waals surface area contributed by atoms with Gasteiger partial charge in [-0.1, -0.05) is 13.8 Å². The maximum absolute atomic E-state index is 13.9. The van der Waals surface area contributed by atoms with Crippen LogP contribution in [-0.4, -0.2) is 64.5 Å². The van der Waals surface area contributed by atoms with Crippen molar-refractivity contribution < 1.29 is 35.9 Å². The van der Waals surface area contributed by atoms with E-state index >= 15 is 0 Å². The molecule has 1 amide bonds. The van der Waals surface area contributed by atoms with Crippen LogP contribution in [0.5, 0.6) is 0 Å². The SMILES string of the molecule is CC.COCCN(C=O)c1cnc(N(Cc2cc(C(F)(F)F)cc(C(F)(F)F)c2)Cc2cc3c(C)nn(C(C)(C)C)c3nc2N(CC2CC2)CC2CC2)nc1.